The zero-order chi connectivity index (χ0) is 19.2. The number of rotatable bonds is 4. The van der Waals surface area contributed by atoms with Crippen LogP contribution in [0.3, 0.4) is 0 Å². The second-order valence-electron chi connectivity index (χ2n) is 6.32. The van der Waals surface area contributed by atoms with Gasteiger partial charge in [0, 0.05) is 18.0 Å². The van der Waals surface area contributed by atoms with Crippen molar-refractivity contribution in [1.82, 2.24) is 9.38 Å². The molecule has 1 amide bonds. The highest BCUT2D eigenvalue weighted by atomic mass is 19.3. The molecule has 1 aliphatic rings. The Labute approximate surface area is 152 Å². The van der Waals surface area contributed by atoms with Crippen molar-refractivity contribution < 1.29 is 23.1 Å². The van der Waals surface area contributed by atoms with Crippen molar-refractivity contribution in [2.45, 2.75) is 5.92 Å². The van der Waals surface area contributed by atoms with Gasteiger partial charge in [-0.2, -0.15) is 0 Å². The summed E-state index contributed by atoms with van der Waals surface area (Å²) in [6, 6.07) is 12.8. The van der Waals surface area contributed by atoms with Crippen molar-refractivity contribution in [2.24, 2.45) is 11.8 Å². The Morgan fingerprint density at radius 3 is 2.56 bits per heavy atom. The monoisotopic (exact) mass is 371 g/mol. The molecule has 1 fully saturated rings. The molecule has 2 heterocycles. The number of fused-ring (bicyclic) bond motifs is 1. The molecule has 2 aromatic heterocycles. The van der Waals surface area contributed by atoms with Crippen LogP contribution in [0, 0.1) is 11.8 Å². The first-order valence-electron chi connectivity index (χ1n) is 8.22. The Balaban J connectivity index is 1.55. The van der Waals surface area contributed by atoms with Gasteiger partial charge in [-0.3, -0.25) is 9.59 Å². The highest BCUT2D eigenvalue weighted by Gasteiger charge is 2.76. The number of imidazole rings is 1. The minimum absolute atomic E-state index is 0.329. The summed E-state index contributed by atoms with van der Waals surface area (Å²) >= 11 is 0. The number of hydrogen-bond donors (Lipinski definition) is 1. The van der Waals surface area contributed by atoms with Crippen LogP contribution in [0.2, 0.25) is 0 Å². The molecule has 8 heteroatoms. The molecule has 0 bridgehead atoms. The van der Waals surface area contributed by atoms with Gasteiger partial charge in [-0.1, -0.05) is 30.3 Å². The van der Waals surface area contributed by atoms with Crippen LogP contribution in [0.15, 0.2) is 54.9 Å². The van der Waals surface area contributed by atoms with Crippen molar-refractivity contribution in [2.75, 3.05) is 12.4 Å². The molecular formula is C19H15F2N3O3. The summed E-state index contributed by atoms with van der Waals surface area (Å²) in [5, 5.41) is 2.43. The molecule has 0 saturated heterocycles. The summed E-state index contributed by atoms with van der Waals surface area (Å²) < 4.78 is 33.5. The number of benzene rings is 1. The zero-order valence-corrected chi connectivity index (χ0v) is 14.2. The Hall–Kier alpha value is -3.29. The molecule has 0 unspecified atom stereocenters. The lowest BCUT2D eigenvalue weighted by atomic mass is 10.2. The number of amides is 1. The van der Waals surface area contributed by atoms with Gasteiger partial charge >= 0.3 is 5.97 Å². The van der Waals surface area contributed by atoms with Gasteiger partial charge in [-0.15, -0.1) is 0 Å². The van der Waals surface area contributed by atoms with Crippen LogP contribution in [-0.4, -0.2) is 34.3 Å². The fraction of sp³-hybridized carbons (Fsp3) is 0.211. The van der Waals surface area contributed by atoms with Gasteiger partial charge < -0.3 is 14.5 Å². The minimum atomic E-state index is -3.39. The maximum atomic E-state index is 13.7. The normalized spacial score (nSPS) is 20.3. The number of methoxy groups -OCH3 is 1. The Kier molecular flexibility index (Phi) is 3.91. The summed E-state index contributed by atoms with van der Waals surface area (Å²) in [5.74, 6) is -8.85. The first kappa shape index (κ1) is 17.1. The molecule has 1 N–H and O–H groups in total. The number of nitrogens with one attached hydrogen (secondary N) is 1. The van der Waals surface area contributed by atoms with E-state index in [4.69, 9.17) is 0 Å². The van der Waals surface area contributed by atoms with Crippen molar-refractivity contribution in [3.05, 3.63) is 54.9 Å². The van der Waals surface area contributed by atoms with Gasteiger partial charge in [0.15, 0.2) is 0 Å². The number of anilines is 1. The molecule has 0 spiro atoms. The Morgan fingerprint density at radius 1 is 1.11 bits per heavy atom. The van der Waals surface area contributed by atoms with E-state index >= 15 is 0 Å². The maximum absolute atomic E-state index is 13.7. The third-order valence-electron chi connectivity index (χ3n) is 4.58. The second-order valence-corrected chi connectivity index (χ2v) is 6.32. The van der Waals surface area contributed by atoms with Crippen LogP contribution < -0.4 is 5.32 Å². The highest BCUT2D eigenvalue weighted by Crippen LogP contribution is 2.56. The average Bonchev–Trinajstić information content (AvgIpc) is 3.02. The van der Waals surface area contributed by atoms with E-state index in [0.29, 0.717) is 11.3 Å². The largest absolute Gasteiger partial charge is 0.469 e. The van der Waals surface area contributed by atoms with Gasteiger partial charge in [0.1, 0.15) is 17.5 Å². The molecule has 27 heavy (non-hydrogen) atoms. The number of halogens is 2. The minimum Gasteiger partial charge on any atom is -0.469 e. The van der Waals surface area contributed by atoms with Gasteiger partial charge in [0.05, 0.1) is 18.5 Å². The van der Waals surface area contributed by atoms with Crippen LogP contribution in [-0.2, 0) is 14.3 Å². The van der Waals surface area contributed by atoms with Gasteiger partial charge in [0.2, 0.25) is 5.91 Å². The number of aromatic nitrogens is 2. The van der Waals surface area contributed by atoms with Crippen LogP contribution in [0.25, 0.3) is 16.9 Å². The third-order valence-corrected chi connectivity index (χ3v) is 4.58. The predicted octanol–water partition coefficient (Wildman–Crippen LogP) is 2.99. The van der Waals surface area contributed by atoms with Crippen LogP contribution in [0.1, 0.15) is 0 Å². The smallest absolute Gasteiger partial charge is 0.315 e. The van der Waals surface area contributed by atoms with E-state index in [1.54, 1.807) is 28.9 Å². The van der Waals surface area contributed by atoms with Crippen LogP contribution in [0.5, 0.6) is 0 Å². The molecule has 0 radical (unpaired) electrons. The summed E-state index contributed by atoms with van der Waals surface area (Å²) in [6.45, 7) is 0. The van der Waals surface area contributed by atoms with E-state index in [9.17, 15) is 18.4 Å². The molecule has 6 nitrogen and oxygen atoms in total. The SMILES string of the molecule is COC(=O)[C@@H]1[C@@H](C(=O)Nc2ccc3nc(-c4ccccc4)cn3c2)C1(F)F. The Bertz CT molecular complexity index is 1030. The summed E-state index contributed by atoms with van der Waals surface area (Å²) in [6.07, 6.45) is 3.36. The van der Waals surface area contributed by atoms with E-state index in [-0.39, 0.29) is 0 Å². The number of ether oxygens (including phenoxy) is 1. The van der Waals surface area contributed by atoms with Crippen molar-refractivity contribution in [3.8, 4) is 11.3 Å². The maximum Gasteiger partial charge on any atom is 0.315 e. The van der Waals surface area contributed by atoms with Gasteiger partial charge in [-0.25, -0.2) is 13.8 Å². The summed E-state index contributed by atoms with van der Waals surface area (Å²) in [7, 11) is 1.02. The van der Waals surface area contributed by atoms with Gasteiger partial charge in [-0.05, 0) is 12.1 Å². The van der Waals surface area contributed by atoms with E-state index < -0.39 is 29.6 Å². The van der Waals surface area contributed by atoms with Crippen molar-refractivity contribution >= 4 is 23.2 Å². The molecule has 138 valence electrons. The number of carbonyl (C=O) groups is 2. The molecule has 0 aliphatic heterocycles. The van der Waals surface area contributed by atoms with Gasteiger partial charge in [0.25, 0.3) is 5.92 Å². The predicted molar refractivity (Wildman–Crippen MR) is 93.2 cm³/mol. The summed E-state index contributed by atoms with van der Waals surface area (Å²) in [5.41, 5.74) is 2.66. The van der Waals surface area contributed by atoms with Crippen LogP contribution in [0.4, 0.5) is 14.5 Å². The number of esters is 1. The van der Waals surface area contributed by atoms with E-state index in [0.717, 1.165) is 18.4 Å². The van der Waals surface area contributed by atoms with E-state index in [1.807, 2.05) is 30.3 Å². The summed E-state index contributed by atoms with van der Waals surface area (Å²) in [4.78, 5) is 28.0. The second kappa shape index (κ2) is 6.15. The lowest BCUT2D eigenvalue weighted by Gasteiger charge is -2.05. The lowest BCUT2D eigenvalue weighted by molar-refractivity contribution is -0.144. The fourth-order valence-electron chi connectivity index (χ4n) is 3.11. The molecule has 2 atom stereocenters. The lowest BCUT2D eigenvalue weighted by Crippen LogP contribution is -2.18. The molecular weight excluding hydrogens is 356 g/mol. The average molecular weight is 371 g/mol. The van der Waals surface area contributed by atoms with E-state index in [2.05, 4.69) is 15.0 Å². The standard InChI is InChI=1S/C19H15F2N3O3/c1-27-18(26)16-15(19(16,20)21)17(25)22-12-7-8-14-23-13(10-24(14)9-12)11-5-3-2-4-6-11/h2-10,15-16H,1H3,(H,22,25)/t15-,16-/m0/s1. The first-order valence-corrected chi connectivity index (χ1v) is 8.22. The fourth-order valence-corrected chi connectivity index (χ4v) is 3.11. The topological polar surface area (TPSA) is 72.7 Å². The molecule has 1 aliphatic carbocycles. The van der Waals surface area contributed by atoms with Crippen molar-refractivity contribution in [1.29, 1.82) is 0 Å². The number of alkyl halides is 2. The quantitative estimate of drug-likeness (QED) is 0.716. The third kappa shape index (κ3) is 2.92. The molecule has 4 rings (SSSR count). The zero-order valence-electron chi connectivity index (χ0n) is 14.2. The van der Waals surface area contributed by atoms with Crippen molar-refractivity contribution in [3.63, 3.8) is 0 Å². The molecule has 1 saturated carbocycles. The van der Waals surface area contributed by atoms with E-state index in [1.165, 1.54) is 0 Å². The van der Waals surface area contributed by atoms with Crippen LogP contribution >= 0.6 is 0 Å². The number of hydrogen-bond acceptors (Lipinski definition) is 4. The number of pyridine rings is 1. The number of carbonyl (C=O) groups excluding carboxylic acids is 2. The Morgan fingerprint density at radius 2 is 1.85 bits per heavy atom. The molecule has 3 aromatic rings. The first-order chi connectivity index (χ1) is 12.9. The number of nitrogens with zero attached hydrogens (tertiary/aromatic N) is 2. The molecule has 1 aromatic carbocycles. The highest BCUT2D eigenvalue weighted by molar-refractivity contribution is 6.00.